The first kappa shape index (κ1) is 21.6. The molecule has 2 fully saturated rings. The molecule has 2 unspecified atom stereocenters. The Morgan fingerprint density at radius 1 is 1.27 bits per heavy atom. The van der Waals surface area contributed by atoms with Crippen molar-refractivity contribution >= 4 is 23.8 Å². The van der Waals surface area contributed by atoms with Gasteiger partial charge in [0.2, 0.25) is 5.91 Å². The lowest BCUT2D eigenvalue weighted by Gasteiger charge is -2.26. The Morgan fingerprint density at radius 3 is 2.53 bits per heavy atom. The van der Waals surface area contributed by atoms with Crippen molar-refractivity contribution < 1.29 is 23.9 Å². The van der Waals surface area contributed by atoms with Gasteiger partial charge in [0.05, 0.1) is 19.7 Å². The molecule has 3 rings (SSSR count). The summed E-state index contributed by atoms with van der Waals surface area (Å²) in [5.41, 5.74) is 1.64. The third kappa shape index (κ3) is 3.95. The minimum atomic E-state index is -1.31. The Bertz CT molecular complexity index is 856. The summed E-state index contributed by atoms with van der Waals surface area (Å²) in [5.74, 6) is -0.566. The highest BCUT2D eigenvalue weighted by molar-refractivity contribution is 6.08. The summed E-state index contributed by atoms with van der Waals surface area (Å²) < 4.78 is 5.12. The first-order valence-corrected chi connectivity index (χ1v) is 9.73. The third-order valence-electron chi connectivity index (χ3n) is 5.53. The van der Waals surface area contributed by atoms with Gasteiger partial charge in [0, 0.05) is 14.1 Å². The number of hydrogen-bond acceptors (Lipinski definition) is 6. The van der Waals surface area contributed by atoms with Gasteiger partial charge in [-0.25, -0.2) is 4.79 Å². The summed E-state index contributed by atoms with van der Waals surface area (Å²) in [5, 5.41) is 3.33. The Balaban J connectivity index is 1.67. The van der Waals surface area contributed by atoms with Crippen LogP contribution in [0.15, 0.2) is 24.3 Å². The quantitative estimate of drug-likeness (QED) is 0.633. The second-order valence-electron chi connectivity index (χ2n) is 7.82. The lowest BCUT2D eigenvalue weighted by Crippen LogP contribution is -2.52. The first-order chi connectivity index (χ1) is 14.2. The van der Waals surface area contributed by atoms with Crippen LogP contribution in [0.4, 0.5) is 4.79 Å². The Labute approximate surface area is 175 Å². The van der Waals surface area contributed by atoms with Crippen molar-refractivity contribution in [1.29, 1.82) is 0 Å². The van der Waals surface area contributed by atoms with Crippen molar-refractivity contribution in [2.45, 2.75) is 31.3 Å². The van der Waals surface area contributed by atoms with Gasteiger partial charge in [0.25, 0.3) is 11.8 Å². The molecule has 30 heavy (non-hydrogen) atoms. The van der Waals surface area contributed by atoms with E-state index in [-0.39, 0.29) is 18.5 Å². The first-order valence-electron chi connectivity index (χ1n) is 9.73. The zero-order chi connectivity index (χ0) is 22.1. The molecule has 0 saturated carbocycles. The van der Waals surface area contributed by atoms with Crippen molar-refractivity contribution in [3.05, 3.63) is 29.8 Å². The van der Waals surface area contributed by atoms with Crippen LogP contribution >= 0.6 is 0 Å². The molecule has 10 nitrogen and oxygen atoms in total. The fourth-order valence-electron chi connectivity index (χ4n) is 3.80. The molecule has 1 aromatic carbocycles. The number of benzene rings is 1. The van der Waals surface area contributed by atoms with Crippen LogP contribution in [0.2, 0.25) is 0 Å². The van der Waals surface area contributed by atoms with Gasteiger partial charge in [-0.1, -0.05) is 12.1 Å². The Morgan fingerprint density at radius 2 is 1.93 bits per heavy atom. The molecule has 162 valence electrons. The molecule has 0 bridgehead atoms. The van der Waals surface area contributed by atoms with Crippen LogP contribution in [-0.4, -0.2) is 78.9 Å². The molecule has 2 saturated heterocycles. The lowest BCUT2D eigenvalue weighted by molar-refractivity contribution is -0.140. The highest BCUT2D eigenvalue weighted by atomic mass is 16.5. The number of carbonyl (C=O) groups is 4. The van der Waals surface area contributed by atoms with E-state index in [1.807, 2.05) is 0 Å². The van der Waals surface area contributed by atoms with Gasteiger partial charge in [-0.2, -0.15) is 5.01 Å². The number of hydrogen-bond donors (Lipinski definition) is 2. The summed E-state index contributed by atoms with van der Waals surface area (Å²) in [6.45, 7) is 2.09. The number of nitrogens with one attached hydrogen (secondary N) is 2. The number of amides is 5. The average Bonchev–Trinajstić information content (AvgIpc) is 3.26. The largest absolute Gasteiger partial charge is 0.497 e. The summed E-state index contributed by atoms with van der Waals surface area (Å²) in [6, 6.07) is 5.66. The number of ether oxygens (including phenoxy) is 1. The maximum atomic E-state index is 12.9. The number of nitrogens with zero attached hydrogens (tertiary/aromatic N) is 3. The second kappa shape index (κ2) is 8.31. The van der Waals surface area contributed by atoms with Gasteiger partial charge in [-0.05, 0) is 44.0 Å². The predicted molar refractivity (Wildman–Crippen MR) is 107 cm³/mol. The molecule has 5 amide bonds. The van der Waals surface area contributed by atoms with Crippen LogP contribution in [0.3, 0.4) is 0 Å². The zero-order valence-corrected chi connectivity index (χ0v) is 17.6. The topological polar surface area (TPSA) is 111 Å². The number of methoxy groups -OCH3 is 1. The van der Waals surface area contributed by atoms with Crippen molar-refractivity contribution in [1.82, 2.24) is 25.6 Å². The molecule has 0 aliphatic carbocycles. The minimum absolute atomic E-state index is 0.0672. The van der Waals surface area contributed by atoms with Gasteiger partial charge in [0.15, 0.2) is 0 Å². The zero-order valence-electron chi connectivity index (χ0n) is 17.6. The predicted octanol–water partition coefficient (Wildman–Crippen LogP) is 0.0460. The summed E-state index contributed by atoms with van der Waals surface area (Å²) >= 11 is 0. The summed E-state index contributed by atoms with van der Waals surface area (Å²) in [7, 11) is 4.88. The fourth-order valence-corrected chi connectivity index (χ4v) is 3.80. The molecule has 2 N–H and O–H groups in total. The standard InChI is InChI=1S/C20H27N5O5/c1-20(13-7-9-14(30-4)10-8-13)18(28)25(19(29)21-20)22-16(26)12-24-11-5-6-15(24)17(27)23(2)3/h7-10,15H,5-6,11-12H2,1-4H3,(H,21,29)(H,22,26). The molecule has 0 aromatic heterocycles. The van der Waals surface area contributed by atoms with E-state index in [1.54, 1.807) is 50.2 Å². The number of imide groups is 1. The van der Waals surface area contributed by atoms with E-state index < -0.39 is 23.4 Å². The monoisotopic (exact) mass is 417 g/mol. The Hall–Kier alpha value is -3.14. The van der Waals surface area contributed by atoms with Crippen LogP contribution in [0.5, 0.6) is 5.75 Å². The molecular weight excluding hydrogens is 390 g/mol. The highest BCUT2D eigenvalue weighted by Gasteiger charge is 2.50. The second-order valence-corrected chi connectivity index (χ2v) is 7.82. The number of urea groups is 1. The van der Waals surface area contributed by atoms with Crippen LogP contribution in [0, 0.1) is 0 Å². The normalized spacial score (nSPS) is 24.0. The number of rotatable bonds is 6. The maximum absolute atomic E-state index is 12.9. The number of hydrazine groups is 1. The SMILES string of the molecule is COc1ccc(C2(C)NC(=O)N(NC(=O)CN3CCCC3C(=O)N(C)C)C2=O)cc1. The van der Waals surface area contributed by atoms with Crippen molar-refractivity contribution in [3.63, 3.8) is 0 Å². The van der Waals surface area contributed by atoms with Crippen molar-refractivity contribution in [2.75, 3.05) is 34.3 Å². The number of likely N-dealkylation sites (N-methyl/N-ethyl adjacent to an activating group) is 1. The van der Waals surface area contributed by atoms with Crippen LogP contribution in [0.1, 0.15) is 25.3 Å². The van der Waals surface area contributed by atoms with Gasteiger partial charge in [-0.3, -0.25) is 24.7 Å². The molecule has 2 aliphatic rings. The van der Waals surface area contributed by atoms with E-state index in [9.17, 15) is 19.2 Å². The average molecular weight is 417 g/mol. The van der Waals surface area contributed by atoms with Crippen LogP contribution in [0.25, 0.3) is 0 Å². The van der Waals surface area contributed by atoms with Crippen molar-refractivity contribution in [3.8, 4) is 5.75 Å². The van der Waals surface area contributed by atoms with E-state index in [0.29, 0.717) is 29.3 Å². The molecular formula is C20H27N5O5. The van der Waals surface area contributed by atoms with Gasteiger partial charge < -0.3 is 15.0 Å². The van der Waals surface area contributed by atoms with E-state index in [2.05, 4.69) is 10.7 Å². The highest BCUT2D eigenvalue weighted by Crippen LogP contribution is 2.29. The molecule has 2 aliphatic heterocycles. The van der Waals surface area contributed by atoms with Gasteiger partial charge >= 0.3 is 6.03 Å². The summed E-state index contributed by atoms with van der Waals surface area (Å²) in [4.78, 5) is 53.5. The molecule has 2 heterocycles. The lowest BCUT2D eigenvalue weighted by atomic mass is 9.92. The van der Waals surface area contributed by atoms with E-state index in [4.69, 9.17) is 4.74 Å². The smallest absolute Gasteiger partial charge is 0.344 e. The number of carbonyl (C=O) groups excluding carboxylic acids is 4. The van der Waals surface area contributed by atoms with E-state index >= 15 is 0 Å². The molecule has 1 aromatic rings. The van der Waals surface area contributed by atoms with Gasteiger partial charge in [-0.15, -0.1) is 0 Å². The summed E-state index contributed by atoms with van der Waals surface area (Å²) in [6.07, 6.45) is 1.47. The van der Waals surface area contributed by atoms with E-state index in [1.165, 1.54) is 12.0 Å². The molecule has 2 atom stereocenters. The van der Waals surface area contributed by atoms with E-state index in [0.717, 1.165) is 6.42 Å². The molecule has 0 radical (unpaired) electrons. The number of likely N-dealkylation sites (tertiary alicyclic amines) is 1. The van der Waals surface area contributed by atoms with Crippen LogP contribution < -0.4 is 15.5 Å². The fraction of sp³-hybridized carbons (Fsp3) is 0.500. The third-order valence-corrected chi connectivity index (χ3v) is 5.53. The van der Waals surface area contributed by atoms with Gasteiger partial charge in [0.1, 0.15) is 11.3 Å². The minimum Gasteiger partial charge on any atom is -0.497 e. The van der Waals surface area contributed by atoms with Crippen molar-refractivity contribution in [2.24, 2.45) is 0 Å². The molecule has 10 heteroatoms. The Kier molecular flexibility index (Phi) is 5.97. The van der Waals surface area contributed by atoms with Crippen LogP contribution in [-0.2, 0) is 19.9 Å². The maximum Gasteiger partial charge on any atom is 0.344 e. The molecule has 0 spiro atoms.